The summed E-state index contributed by atoms with van der Waals surface area (Å²) in [6.45, 7) is 7.43. The van der Waals surface area contributed by atoms with Crippen molar-refractivity contribution in [1.82, 2.24) is 5.32 Å². The average molecular weight is 320 g/mol. The standard InChI is InChI=1S/C16H33NO3S/c1-3-4-9-18-11-13-20-14-12-19-10-8-17-15-6-5-7-16(15)21-2/h15-17H,3-14H2,1-2H3. The van der Waals surface area contributed by atoms with Crippen molar-refractivity contribution in [3.05, 3.63) is 0 Å². The van der Waals surface area contributed by atoms with Crippen LogP contribution in [0, 0.1) is 0 Å². The van der Waals surface area contributed by atoms with Crippen LogP contribution in [0.1, 0.15) is 39.0 Å². The lowest BCUT2D eigenvalue weighted by molar-refractivity contribution is 0.0144. The van der Waals surface area contributed by atoms with E-state index in [1.165, 1.54) is 25.7 Å². The van der Waals surface area contributed by atoms with E-state index in [2.05, 4.69) is 18.5 Å². The highest BCUT2D eigenvalue weighted by Crippen LogP contribution is 2.28. The first-order valence-corrected chi connectivity index (χ1v) is 9.66. The number of nitrogens with one attached hydrogen (secondary N) is 1. The maximum absolute atomic E-state index is 5.57. The third kappa shape index (κ3) is 9.74. The summed E-state index contributed by atoms with van der Waals surface area (Å²) in [5.74, 6) is 0. The lowest BCUT2D eigenvalue weighted by atomic mass is 10.2. The fourth-order valence-electron chi connectivity index (χ4n) is 2.55. The van der Waals surface area contributed by atoms with Gasteiger partial charge >= 0.3 is 0 Å². The number of unbranched alkanes of at least 4 members (excludes halogenated alkanes) is 1. The van der Waals surface area contributed by atoms with Crippen molar-refractivity contribution in [2.24, 2.45) is 0 Å². The minimum atomic E-state index is 0.661. The van der Waals surface area contributed by atoms with Gasteiger partial charge in [0.05, 0.1) is 33.0 Å². The maximum Gasteiger partial charge on any atom is 0.0701 e. The van der Waals surface area contributed by atoms with Crippen molar-refractivity contribution >= 4 is 11.8 Å². The Labute approximate surface area is 134 Å². The van der Waals surface area contributed by atoms with Gasteiger partial charge in [-0.25, -0.2) is 0 Å². The molecule has 21 heavy (non-hydrogen) atoms. The van der Waals surface area contributed by atoms with Crippen LogP contribution < -0.4 is 5.32 Å². The summed E-state index contributed by atoms with van der Waals surface area (Å²) in [6, 6.07) is 0.681. The van der Waals surface area contributed by atoms with E-state index < -0.39 is 0 Å². The Kier molecular flexibility index (Phi) is 12.7. The van der Waals surface area contributed by atoms with Gasteiger partial charge in [-0.3, -0.25) is 0 Å². The summed E-state index contributed by atoms with van der Waals surface area (Å²) in [5, 5.41) is 4.40. The molecule has 1 aliphatic rings. The summed E-state index contributed by atoms with van der Waals surface area (Å²) >= 11 is 1.99. The van der Waals surface area contributed by atoms with Crippen LogP contribution in [0.25, 0.3) is 0 Å². The minimum absolute atomic E-state index is 0.661. The third-order valence-electron chi connectivity index (χ3n) is 3.79. The van der Waals surface area contributed by atoms with Crippen molar-refractivity contribution in [1.29, 1.82) is 0 Å². The highest BCUT2D eigenvalue weighted by Gasteiger charge is 2.25. The molecule has 0 aromatic carbocycles. The highest BCUT2D eigenvalue weighted by molar-refractivity contribution is 7.99. The van der Waals surface area contributed by atoms with Gasteiger partial charge < -0.3 is 19.5 Å². The average Bonchev–Trinajstić information content (AvgIpc) is 2.96. The molecule has 4 nitrogen and oxygen atoms in total. The molecule has 1 fully saturated rings. The van der Waals surface area contributed by atoms with Crippen LogP contribution in [0.3, 0.4) is 0 Å². The quantitative estimate of drug-likeness (QED) is 0.499. The lowest BCUT2D eigenvalue weighted by Crippen LogP contribution is -2.36. The number of hydrogen-bond donors (Lipinski definition) is 1. The lowest BCUT2D eigenvalue weighted by Gasteiger charge is -2.19. The molecule has 2 unspecified atom stereocenters. The van der Waals surface area contributed by atoms with Crippen LogP contribution in [-0.2, 0) is 14.2 Å². The van der Waals surface area contributed by atoms with Crippen LogP contribution in [-0.4, -0.2) is 63.7 Å². The number of hydrogen-bond acceptors (Lipinski definition) is 5. The molecular weight excluding hydrogens is 286 g/mol. The molecule has 0 radical (unpaired) electrons. The van der Waals surface area contributed by atoms with Gasteiger partial charge in [0.2, 0.25) is 0 Å². The Hall–Kier alpha value is 0.190. The van der Waals surface area contributed by atoms with Crippen LogP contribution >= 0.6 is 11.8 Å². The summed E-state index contributed by atoms with van der Waals surface area (Å²) in [5.41, 5.74) is 0. The van der Waals surface area contributed by atoms with Gasteiger partial charge in [-0.1, -0.05) is 19.8 Å². The fourth-order valence-corrected chi connectivity index (χ4v) is 3.51. The molecule has 0 aromatic rings. The van der Waals surface area contributed by atoms with E-state index in [1.807, 2.05) is 11.8 Å². The first kappa shape index (κ1) is 19.2. The Balaban J connectivity index is 1.76. The van der Waals surface area contributed by atoms with Crippen LogP contribution in [0.2, 0.25) is 0 Å². The molecule has 1 N–H and O–H groups in total. The Morgan fingerprint density at radius 2 is 1.62 bits per heavy atom. The van der Waals surface area contributed by atoms with Gasteiger partial charge in [0.25, 0.3) is 0 Å². The molecule has 5 heteroatoms. The number of thioether (sulfide) groups is 1. The molecule has 1 aliphatic carbocycles. The second-order valence-electron chi connectivity index (χ2n) is 5.46. The zero-order valence-electron chi connectivity index (χ0n) is 13.8. The molecule has 2 atom stereocenters. The van der Waals surface area contributed by atoms with Gasteiger partial charge in [0, 0.05) is 24.4 Å². The predicted octanol–water partition coefficient (Wildman–Crippen LogP) is 2.71. The molecule has 0 aromatic heterocycles. The predicted molar refractivity (Wildman–Crippen MR) is 90.3 cm³/mol. The normalized spacial score (nSPS) is 22.0. The summed E-state index contributed by atoms with van der Waals surface area (Å²) < 4.78 is 16.4. The second kappa shape index (κ2) is 13.8. The van der Waals surface area contributed by atoms with Crippen molar-refractivity contribution in [2.75, 3.05) is 52.4 Å². The fraction of sp³-hybridized carbons (Fsp3) is 1.00. The van der Waals surface area contributed by atoms with E-state index in [0.29, 0.717) is 32.5 Å². The van der Waals surface area contributed by atoms with E-state index in [4.69, 9.17) is 14.2 Å². The first-order chi connectivity index (χ1) is 10.4. The van der Waals surface area contributed by atoms with E-state index in [0.717, 1.165) is 31.4 Å². The Bertz CT molecular complexity index is 232. The molecule has 1 rings (SSSR count). The Morgan fingerprint density at radius 1 is 0.952 bits per heavy atom. The van der Waals surface area contributed by atoms with Crippen molar-refractivity contribution in [3.8, 4) is 0 Å². The van der Waals surface area contributed by atoms with E-state index in [-0.39, 0.29) is 0 Å². The molecule has 0 bridgehead atoms. The van der Waals surface area contributed by atoms with Crippen molar-refractivity contribution in [3.63, 3.8) is 0 Å². The number of ether oxygens (including phenoxy) is 3. The van der Waals surface area contributed by atoms with Gasteiger partial charge in [-0.2, -0.15) is 11.8 Å². The smallest absolute Gasteiger partial charge is 0.0701 e. The molecule has 0 spiro atoms. The minimum Gasteiger partial charge on any atom is -0.379 e. The molecule has 0 aliphatic heterocycles. The molecule has 0 saturated heterocycles. The van der Waals surface area contributed by atoms with E-state index in [1.54, 1.807) is 0 Å². The van der Waals surface area contributed by atoms with Crippen LogP contribution in [0.4, 0.5) is 0 Å². The highest BCUT2D eigenvalue weighted by atomic mass is 32.2. The summed E-state index contributed by atoms with van der Waals surface area (Å²) in [4.78, 5) is 0. The molecule has 0 amide bonds. The molecule has 0 heterocycles. The van der Waals surface area contributed by atoms with Gasteiger partial charge in [0.1, 0.15) is 0 Å². The van der Waals surface area contributed by atoms with E-state index in [9.17, 15) is 0 Å². The largest absolute Gasteiger partial charge is 0.379 e. The zero-order valence-corrected chi connectivity index (χ0v) is 14.6. The second-order valence-corrected chi connectivity index (χ2v) is 6.53. The molecule has 1 saturated carbocycles. The van der Waals surface area contributed by atoms with E-state index >= 15 is 0 Å². The number of rotatable bonds is 14. The molecular formula is C16H33NO3S. The first-order valence-electron chi connectivity index (χ1n) is 8.38. The third-order valence-corrected chi connectivity index (χ3v) is 4.96. The summed E-state index contributed by atoms with van der Waals surface area (Å²) in [6.07, 6.45) is 8.55. The van der Waals surface area contributed by atoms with Crippen LogP contribution in [0.15, 0.2) is 0 Å². The SMILES string of the molecule is CCCCOCCOCCOCCNC1CCCC1SC. The van der Waals surface area contributed by atoms with Gasteiger partial charge in [0.15, 0.2) is 0 Å². The van der Waals surface area contributed by atoms with Crippen molar-refractivity contribution < 1.29 is 14.2 Å². The zero-order chi connectivity index (χ0) is 15.2. The Morgan fingerprint density at radius 3 is 2.29 bits per heavy atom. The van der Waals surface area contributed by atoms with Crippen LogP contribution in [0.5, 0.6) is 0 Å². The monoisotopic (exact) mass is 319 g/mol. The maximum atomic E-state index is 5.57. The van der Waals surface area contributed by atoms with Gasteiger partial charge in [-0.15, -0.1) is 0 Å². The molecule has 126 valence electrons. The van der Waals surface area contributed by atoms with Gasteiger partial charge in [-0.05, 0) is 25.5 Å². The topological polar surface area (TPSA) is 39.7 Å². The van der Waals surface area contributed by atoms with Crippen molar-refractivity contribution in [2.45, 2.75) is 50.3 Å². The summed E-state index contributed by atoms with van der Waals surface area (Å²) in [7, 11) is 0.